The number of rotatable bonds is 6. The fourth-order valence-electron chi connectivity index (χ4n) is 4.35. The zero-order valence-electron chi connectivity index (χ0n) is 18.7. The number of nitrogens with zero attached hydrogens (tertiary/aromatic N) is 5. The van der Waals surface area contributed by atoms with Crippen LogP contribution in [0.1, 0.15) is 60.7 Å². The van der Waals surface area contributed by atoms with E-state index in [2.05, 4.69) is 10.2 Å². The number of hydrogen-bond donors (Lipinski definition) is 1. The zero-order chi connectivity index (χ0) is 22.4. The second kappa shape index (κ2) is 8.39. The van der Waals surface area contributed by atoms with E-state index in [0.29, 0.717) is 24.1 Å². The van der Waals surface area contributed by atoms with Gasteiger partial charge in [0.15, 0.2) is 10.8 Å². The monoisotopic (exact) mass is 462 g/mol. The van der Waals surface area contributed by atoms with Crippen molar-refractivity contribution in [1.29, 1.82) is 0 Å². The summed E-state index contributed by atoms with van der Waals surface area (Å²) in [6, 6.07) is 9.75. The van der Waals surface area contributed by atoms with Gasteiger partial charge in [-0.15, -0.1) is 0 Å². The Morgan fingerprint density at radius 3 is 2.70 bits per heavy atom. The average Bonchev–Trinajstić information content (AvgIpc) is 3.38. The normalized spacial score (nSPS) is 20.8. The van der Waals surface area contributed by atoms with Crippen LogP contribution in [0, 0.1) is 0 Å². The molecule has 6 rings (SSSR count). The first-order valence-electron chi connectivity index (χ1n) is 11.4. The fourth-order valence-corrected chi connectivity index (χ4v) is 5.20. The Hall–Kier alpha value is -3.04. The molecule has 1 saturated carbocycles. The molecule has 2 atom stereocenters. The molecule has 2 aliphatic rings. The molecule has 0 radical (unpaired) electrons. The number of fused-ring (bicyclic) bond motifs is 1. The standard InChI is InChI=1S/C24H26N6O2S/c1-30(2)24-28-22-20(33-24)23(32-16-6-4-3-5-7-16)27-21(26-22)15-10-11-31-18(12-15)17-13-25-29-19(17)14-8-9-14/h3-7,13-15,18H,8-12H2,1-2H3,(H,25,29)/t15?,18-/m1/s1. The number of benzene rings is 1. The van der Waals surface area contributed by atoms with Crippen molar-refractivity contribution in [3.05, 3.63) is 53.6 Å². The van der Waals surface area contributed by atoms with Gasteiger partial charge in [0, 0.05) is 44.3 Å². The van der Waals surface area contributed by atoms with Crippen molar-refractivity contribution in [3.63, 3.8) is 0 Å². The topological polar surface area (TPSA) is 89.1 Å². The maximum Gasteiger partial charge on any atom is 0.242 e. The molecule has 9 heteroatoms. The minimum atomic E-state index is 0.00339. The first-order chi connectivity index (χ1) is 16.2. The number of thiazole rings is 1. The Labute approximate surface area is 196 Å². The molecule has 1 aliphatic carbocycles. The van der Waals surface area contributed by atoms with Gasteiger partial charge in [-0.1, -0.05) is 29.5 Å². The highest BCUT2D eigenvalue weighted by atomic mass is 32.1. The van der Waals surface area contributed by atoms with E-state index in [1.54, 1.807) is 11.3 Å². The first kappa shape index (κ1) is 20.6. The number of hydrogen-bond acceptors (Lipinski definition) is 8. The van der Waals surface area contributed by atoms with Crippen LogP contribution >= 0.6 is 11.3 Å². The van der Waals surface area contributed by atoms with Gasteiger partial charge in [0.05, 0.1) is 11.8 Å². The summed E-state index contributed by atoms with van der Waals surface area (Å²) < 4.78 is 13.3. The van der Waals surface area contributed by atoms with Gasteiger partial charge >= 0.3 is 0 Å². The van der Waals surface area contributed by atoms with Crippen molar-refractivity contribution < 1.29 is 9.47 Å². The van der Waals surface area contributed by atoms with Crippen molar-refractivity contribution in [1.82, 2.24) is 25.1 Å². The summed E-state index contributed by atoms with van der Waals surface area (Å²) in [6.45, 7) is 0.668. The van der Waals surface area contributed by atoms with Gasteiger partial charge in [0.25, 0.3) is 0 Å². The summed E-state index contributed by atoms with van der Waals surface area (Å²) in [5.41, 5.74) is 3.04. The van der Waals surface area contributed by atoms with Crippen molar-refractivity contribution in [2.24, 2.45) is 0 Å². The Morgan fingerprint density at radius 1 is 1.06 bits per heavy atom. The van der Waals surface area contributed by atoms with Gasteiger partial charge in [-0.3, -0.25) is 5.10 Å². The lowest BCUT2D eigenvalue weighted by Gasteiger charge is -2.29. The minimum Gasteiger partial charge on any atom is -0.437 e. The van der Waals surface area contributed by atoms with Gasteiger partial charge in [-0.2, -0.15) is 15.1 Å². The third-order valence-corrected chi connectivity index (χ3v) is 7.43. The number of aromatic amines is 1. The van der Waals surface area contributed by atoms with Crippen LogP contribution in [-0.2, 0) is 4.74 Å². The van der Waals surface area contributed by atoms with Crippen LogP contribution in [0.25, 0.3) is 10.3 Å². The summed E-state index contributed by atoms with van der Waals surface area (Å²) >= 11 is 1.54. The number of ether oxygens (including phenoxy) is 2. The molecule has 33 heavy (non-hydrogen) atoms. The molecular weight excluding hydrogens is 436 g/mol. The summed E-state index contributed by atoms with van der Waals surface area (Å²) in [4.78, 5) is 16.5. The number of aromatic nitrogens is 5. The molecule has 4 aromatic rings. The lowest BCUT2D eigenvalue weighted by atomic mass is 9.91. The van der Waals surface area contributed by atoms with E-state index in [1.807, 2.05) is 55.5 Å². The molecule has 0 bridgehead atoms. The predicted octanol–water partition coefficient (Wildman–Crippen LogP) is 5.18. The van der Waals surface area contributed by atoms with Crippen molar-refractivity contribution in [2.45, 2.75) is 43.6 Å². The van der Waals surface area contributed by atoms with Crippen LogP contribution in [0.15, 0.2) is 36.5 Å². The number of nitrogens with one attached hydrogen (secondary N) is 1. The number of anilines is 1. The lowest BCUT2D eigenvalue weighted by Crippen LogP contribution is -2.21. The van der Waals surface area contributed by atoms with E-state index < -0.39 is 0 Å². The third kappa shape index (κ3) is 4.06. The highest BCUT2D eigenvalue weighted by Crippen LogP contribution is 2.45. The summed E-state index contributed by atoms with van der Waals surface area (Å²) in [7, 11) is 3.96. The molecule has 170 valence electrons. The maximum atomic E-state index is 6.23. The van der Waals surface area contributed by atoms with Crippen LogP contribution in [0.4, 0.5) is 5.13 Å². The number of H-pyrrole nitrogens is 1. The maximum absolute atomic E-state index is 6.23. The first-order valence-corrected chi connectivity index (χ1v) is 12.2. The second-order valence-electron chi connectivity index (χ2n) is 8.93. The zero-order valence-corrected chi connectivity index (χ0v) is 19.5. The molecule has 1 saturated heterocycles. The van der Waals surface area contributed by atoms with Crippen LogP contribution < -0.4 is 9.64 Å². The molecule has 2 fully saturated rings. The van der Waals surface area contributed by atoms with Gasteiger partial charge in [-0.05, 0) is 37.8 Å². The van der Waals surface area contributed by atoms with Gasteiger partial charge in [0.2, 0.25) is 5.88 Å². The van der Waals surface area contributed by atoms with Crippen LogP contribution in [0.3, 0.4) is 0 Å². The molecule has 1 aliphatic heterocycles. The molecule has 1 unspecified atom stereocenters. The third-order valence-electron chi connectivity index (χ3n) is 6.23. The van der Waals surface area contributed by atoms with Gasteiger partial charge in [0.1, 0.15) is 16.3 Å². The van der Waals surface area contributed by atoms with Crippen molar-refractivity contribution in [3.8, 4) is 11.6 Å². The van der Waals surface area contributed by atoms with E-state index in [1.165, 1.54) is 24.1 Å². The predicted molar refractivity (Wildman–Crippen MR) is 127 cm³/mol. The highest BCUT2D eigenvalue weighted by molar-refractivity contribution is 7.22. The molecule has 4 heterocycles. The Morgan fingerprint density at radius 2 is 1.91 bits per heavy atom. The van der Waals surface area contributed by atoms with Crippen molar-refractivity contribution >= 4 is 26.8 Å². The Kier molecular flexibility index (Phi) is 5.22. The summed E-state index contributed by atoms with van der Waals surface area (Å²) in [6.07, 6.45) is 6.12. The molecule has 8 nitrogen and oxygen atoms in total. The smallest absolute Gasteiger partial charge is 0.242 e. The van der Waals surface area contributed by atoms with Gasteiger partial charge in [-0.25, -0.2) is 4.98 Å². The minimum absolute atomic E-state index is 0.00339. The summed E-state index contributed by atoms with van der Waals surface area (Å²) in [5.74, 6) is 2.83. The van der Waals surface area contributed by atoms with Crippen molar-refractivity contribution in [2.75, 3.05) is 25.6 Å². The van der Waals surface area contributed by atoms with Crippen LogP contribution in [-0.4, -0.2) is 45.9 Å². The Balaban J connectivity index is 1.35. The Bertz CT molecular complexity index is 1270. The highest BCUT2D eigenvalue weighted by Gasteiger charge is 2.35. The van der Waals surface area contributed by atoms with Crippen LogP contribution in [0.2, 0.25) is 0 Å². The molecule has 1 aromatic carbocycles. The summed E-state index contributed by atoms with van der Waals surface area (Å²) in [5, 5.41) is 8.43. The molecular formula is C24H26N6O2S. The van der Waals surface area contributed by atoms with E-state index in [0.717, 1.165) is 34.2 Å². The molecule has 0 amide bonds. The van der Waals surface area contributed by atoms with Crippen LogP contribution in [0.5, 0.6) is 11.6 Å². The molecule has 1 N–H and O–H groups in total. The fraction of sp³-hybridized carbons (Fsp3) is 0.417. The SMILES string of the molecule is CN(C)c1nc2nc(C3CCO[C@@H](c4c[nH]nc4C4CC4)C3)nc(Oc3ccccc3)c2s1. The largest absolute Gasteiger partial charge is 0.437 e. The molecule has 0 spiro atoms. The lowest BCUT2D eigenvalue weighted by molar-refractivity contribution is 0.00345. The van der Waals surface area contributed by atoms with E-state index >= 15 is 0 Å². The molecule has 3 aromatic heterocycles. The van der Waals surface area contributed by atoms with E-state index in [4.69, 9.17) is 24.4 Å². The van der Waals surface area contributed by atoms with Gasteiger partial charge < -0.3 is 14.4 Å². The second-order valence-corrected chi connectivity index (χ2v) is 9.90. The quantitative estimate of drug-likeness (QED) is 0.422. The van der Waals surface area contributed by atoms with E-state index in [9.17, 15) is 0 Å². The van der Waals surface area contributed by atoms with E-state index in [-0.39, 0.29) is 12.0 Å². The number of para-hydroxylation sites is 1. The average molecular weight is 463 g/mol.